The van der Waals surface area contributed by atoms with E-state index >= 15 is 0 Å². The molecule has 0 heterocycles. The van der Waals surface area contributed by atoms with Crippen molar-refractivity contribution in [1.82, 2.24) is 0 Å². The molecule has 0 amide bonds. The monoisotopic (exact) mass is 456 g/mol. The van der Waals surface area contributed by atoms with Gasteiger partial charge in [-0.3, -0.25) is 4.79 Å². The molecule has 0 fully saturated rings. The number of carboxylic acid groups (broad SMARTS) is 1. The number of aliphatic carboxylic acids is 1. The predicted octanol–water partition coefficient (Wildman–Crippen LogP) is 4.57. The molecule has 0 aliphatic heterocycles. The Morgan fingerprint density at radius 3 is 1.21 bits per heavy atom. The molecule has 0 aliphatic rings. The van der Waals surface area contributed by atoms with Crippen LogP contribution in [-0.2, 0) is 4.79 Å². The second-order valence-corrected chi connectivity index (χ2v) is 5.03. The van der Waals surface area contributed by atoms with E-state index < -0.39 is 46.6 Å². The highest BCUT2D eigenvalue weighted by Gasteiger charge is 2.91. The molecular formula is C8H2BrF13O2. The minimum absolute atomic E-state index is 1.23. The quantitative estimate of drug-likeness (QED) is 0.469. The summed E-state index contributed by atoms with van der Waals surface area (Å²) in [6.45, 7) is 0. The van der Waals surface area contributed by atoms with Crippen LogP contribution in [0.4, 0.5) is 57.1 Å². The van der Waals surface area contributed by atoms with Crippen LogP contribution in [0.5, 0.6) is 0 Å². The summed E-state index contributed by atoms with van der Waals surface area (Å²) in [6.07, 6.45) is -7.51. The van der Waals surface area contributed by atoms with Crippen molar-refractivity contribution >= 4 is 21.9 Å². The first kappa shape index (κ1) is 23.0. The zero-order chi connectivity index (χ0) is 20.2. The minimum atomic E-state index is -8.05. The zero-order valence-corrected chi connectivity index (χ0v) is 11.8. The van der Waals surface area contributed by atoms with Crippen LogP contribution in [0.25, 0.3) is 0 Å². The van der Waals surface area contributed by atoms with Gasteiger partial charge in [0.05, 0.1) is 0 Å². The smallest absolute Gasteiger partial charge is 0.460 e. The summed E-state index contributed by atoms with van der Waals surface area (Å²) in [5.41, 5.74) is 0. The van der Waals surface area contributed by atoms with Gasteiger partial charge in [0.15, 0.2) is 4.83 Å². The van der Waals surface area contributed by atoms with Crippen LogP contribution in [0.2, 0.25) is 0 Å². The van der Waals surface area contributed by atoms with Gasteiger partial charge in [-0.2, -0.15) is 57.1 Å². The molecule has 144 valence electrons. The summed E-state index contributed by atoms with van der Waals surface area (Å²) in [5.74, 6) is -41.2. The first-order valence-electron chi connectivity index (χ1n) is 4.93. The highest BCUT2D eigenvalue weighted by atomic mass is 79.9. The lowest BCUT2D eigenvalue weighted by Crippen LogP contribution is -2.71. The summed E-state index contributed by atoms with van der Waals surface area (Å²) < 4.78 is 164. The maximum atomic E-state index is 13.0. The van der Waals surface area contributed by atoms with E-state index in [1.807, 2.05) is 0 Å². The molecule has 1 unspecified atom stereocenters. The highest BCUT2D eigenvalue weighted by Crippen LogP contribution is 2.61. The van der Waals surface area contributed by atoms with Crippen molar-refractivity contribution in [2.45, 2.75) is 40.6 Å². The Morgan fingerprint density at radius 1 is 0.667 bits per heavy atom. The average Bonchev–Trinajstić information content (AvgIpc) is 2.35. The van der Waals surface area contributed by atoms with Gasteiger partial charge < -0.3 is 5.11 Å². The molecule has 1 atom stereocenters. The summed E-state index contributed by atoms with van der Waals surface area (Å²) in [4.78, 5) is 6.09. The summed E-state index contributed by atoms with van der Waals surface area (Å²) >= 11 is 1.23. The van der Waals surface area contributed by atoms with E-state index in [0.717, 1.165) is 0 Å². The number of alkyl halides is 14. The lowest BCUT2D eigenvalue weighted by Gasteiger charge is -2.40. The van der Waals surface area contributed by atoms with Crippen LogP contribution in [0.15, 0.2) is 0 Å². The Hall–Kier alpha value is -0.960. The van der Waals surface area contributed by atoms with Crippen molar-refractivity contribution in [3.05, 3.63) is 0 Å². The van der Waals surface area contributed by atoms with Gasteiger partial charge in [-0.25, -0.2) is 0 Å². The number of hydrogen-bond donors (Lipinski definition) is 1. The number of carbonyl (C=O) groups is 1. The van der Waals surface area contributed by atoms with Crippen LogP contribution >= 0.6 is 15.9 Å². The number of carboxylic acids is 1. The Kier molecular flexibility index (Phi) is 5.56. The Balaban J connectivity index is 6.36. The summed E-state index contributed by atoms with van der Waals surface area (Å²) in [6, 6.07) is 0. The lowest BCUT2D eigenvalue weighted by atomic mass is 9.92. The normalized spacial score (nSPS) is 16.9. The molecule has 24 heavy (non-hydrogen) atoms. The first-order chi connectivity index (χ1) is 10.1. The molecule has 0 saturated carbocycles. The second kappa shape index (κ2) is 5.79. The Labute approximate surface area is 130 Å². The van der Waals surface area contributed by atoms with Crippen molar-refractivity contribution in [1.29, 1.82) is 0 Å². The lowest BCUT2D eigenvalue weighted by molar-refractivity contribution is -0.439. The van der Waals surface area contributed by atoms with Crippen molar-refractivity contribution in [3.8, 4) is 0 Å². The molecular weight excluding hydrogens is 455 g/mol. The van der Waals surface area contributed by atoms with Crippen molar-refractivity contribution in [2.24, 2.45) is 0 Å². The number of rotatable bonds is 6. The van der Waals surface area contributed by atoms with E-state index in [1.54, 1.807) is 0 Å². The molecule has 0 radical (unpaired) electrons. The van der Waals surface area contributed by atoms with Crippen LogP contribution < -0.4 is 0 Å². The topological polar surface area (TPSA) is 37.3 Å². The van der Waals surface area contributed by atoms with E-state index in [9.17, 15) is 61.9 Å². The molecule has 0 bridgehead atoms. The van der Waals surface area contributed by atoms with Crippen molar-refractivity contribution < 1.29 is 67.0 Å². The molecule has 0 aliphatic carbocycles. The molecule has 0 aromatic carbocycles. The van der Waals surface area contributed by atoms with Gasteiger partial charge in [-0.15, -0.1) is 0 Å². The number of halogens is 14. The van der Waals surface area contributed by atoms with Gasteiger partial charge in [-0.05, 0) is 0 Å². The van der Waals surface area contributed by atoms with E-state index in [2.05, 4.69) is 0 Å². The van der Waals surface area contributed by atoms with E-state index in [1.165, 1.54) is 15.9 Å². The number of hydrogen-bond acceptors (Lipinski definition) is 1. The Bertz CT molecular complexity index is 497. The van der Waals surface area contributed by atoms with E-state index in [4.69, 9.17) is 5.11 Å². The van der Waals surface area contributed by atoms with Gasteiger partial charge in [0, 0.05) is 0 Å². The highest BCUT2D eigenvalue weighted by molar-refractivity contribution is 9.10. The maximum Gasteiger partial charge on any atom is 0.460 e. The first-order valence-corrected chi connectivity index (χ1v) is 5.85. The molecule has 0 saturated heterocycles. The van der Waals surface area contributed by atoms with Crippen molar-refractivity contribution in [2.75, 3.05) is 0 Å². The summed E-state index contributed by atoms with van der Waals surface area (Å²) in [7, 11) is 0. The van der Waals surface area contributed by atoms with Gasteiger partial charge in [-0.1, -0.05) is 15.9 Å². The van der Waals surface area contributed by atoms with Crippen LogP contribution in [0.1, 0.15) is 0 Å². The largest absolute Gasteiger partial charge is 0.480 e. The molecule has 0 rings (SSSR count). The molecule has 0 aromatic heterocycles. The van der Waals surface area contributed by atoms with Gasteiger partial charge >= 0.3 is 41.8 Å². The van der Waals surface area contributed by atoms with Gasteiger partial charge in [0.2, 0.25) is 0 Å². The third-order valence-corrected chi connectivity index (χ3v) is 3.46. The molecule has 0 aromatic rings. The fourth-order valence-electron chi connectivity index (χ4n) is 1.10. The van der Waals surface area contributed by atoms with Gasteiger partial charge in [0.1, 0.15) is 0 Å². The van der Waals surface area contributed by atoms with Crippen LogP contribution in [0.3, 0.4) is 0 Å². The molecule has 2 nitrogen and oxygen atoms in total. The standard InChI is InChI=1S/C8H2BrF13O2/c9-1(2(23)24)3(10,11)4(12,13)5(14,15)6(16,17)7(18,19)8(20,21)22/h1H,(H,23,24). The predicted molar refractivity (Wildman–Crippen MR) is 51.1 cm³/mol. The second-order valence-electron chi connectivity index (χ2n) is 4.12. The fourth-order valence-corrected chi connectivity index (χ4v) is 1.38. The SMILES string of the molecule is O=C(O)C(Br)C(F)(F)C(F)(F)C(F)(F)C(F)(F)C(F)(F)C(F)(F)F. The van der Waals surface area contributed by atoms with Crippen LogP contribution in [0, 0.1) is 0 Å². The van der Waals surface area contributed by atoms with E-state index in [0.29, 0.717) is 0 Å². The molecule has 1 N–H and O–H groups in total. The van der Waals surface area contributed by atoms with E-state index in [-0.39, 0.29) is 0 Å². The zero-order valence-electron chi connectivity index (χ0n) is 10.2. The van der Waals surface area contributed by atoms with Gasteiger partial charge in [0.25, 0.3) is 0 Å². The molecule has 16 heteroatoms. The average molecular weight is 457 g/mol. The minimum Gasteiger partial charge on any atom is -0.480 e. The maximum absolute atomic E-state index is 13.0. The third kappa shape index (κ3) is 2.89. The van der Waals surface area contributed by atoms with Crippen LogP contribution in [-0.4, -0.2) is 51.7 Å². The third-order valence-electron chi connectivity index (χ3n) is 2.49. The fraction of sp³-hybridized carbons (Fsp3) is 0.875. The van der Waals surface area contributed by atoms with Crippen molar-refractivity contribution in [3.63, 3.8) is 0 Å². The molecule has 0 spiro atoms. The summed E-state index contributed by atoms with van der Waals surface area (Å²) in [5, 5.41) is 8.02. The Morgan fingerprint density at radius 2 is 0.958 bits per heavy atom.